The van der Waals surface area contributed by atoms with Crippen molar-refractivity contribution in [2.45, 2.75) is 6.54 Å². The van der Waals surface area contributed by atoms with Gasteiger partial charge >= 0.3 is 6.09 Å². The average Bonchev–Trinajstić information content (AvgIpc) is 3.50. The Balaban J connectivity index is 1.36. The van der Waals surface area contributed by atoms with Gasteiger partial charge in [0.2, 0.25) is 0 Å². The fraction of sp³-hybridized carbons (Fsp3) is 0.167. The van der Waals surface area contributed by atoms with Crippen LogP contribution >= 0.6 is 22.9 Å². The van der Waals surface area contributed by atoms with Crippen LogP contribution < -0.4 is 15.0 Å². The molecule has 9 nitrogen and oxygen atoms in total. The van der Waals surface area contributed by atoms with E-state index in [-0.39, 0.29) is 19.1 Å². The number of benzene rings is 1. The maximum absolute atomic E-state index is 12.3. The fourth-order valence-electron chi connectivity index (χ4n) is 3.65. The first-order chi connectivity index (χ1) is 17.1. The molecular formula is C24H20ClN5O4S. The third kappa shape index (κ3) is 5.35. The van der Waals surface area contributed by atoms with Crippen LogP contribution in [0, 0.1) is 0 Å². The zero-order valence-corrected chi connectivity index (χ0v) is 20.0. The number of hydrogen-bond donors (Lipinski definition) is 1. The van der Waals surface area contributed by atoms with E-state index in [0.717, 1.165) is 22.5 Å². The van der Waals surface area contributed by atoms with Crippen molar-refractivity contribution in [1.29, 1.82) is 0 Å². The largest absolute Gasteiger partial charge is 0.413 e. The van der Waals surface area contributed by atoms with Crippen molar-refractivity contribution in [2.75, 3.05) is 24.7 Å². The summed E-state index contributed by atoms with van der Waals surface area (Å²) in [5.41, 5.74) is 3.99. The molecule has 11 heteroatoms. The Morgan fingerprint density at radius 2 is 1.89 bits per heavy atom. The number of rotatable bonds is 6. The van der Waals surface area contributed by atoms with E-state index in [9.17, 15) is 9.59 Å². The Labute approximate surface area is 209 Å². The molecule has 0 atom stereocenters. The molecule has 0 saturated carbocycles. The second kappa shape index (κ2) is 10.3. The summed E-state index contributed by atoms with van der Waals surface area (Å²) in [7, 11) is 0. The summed E-state index contributed by atoms with van der Waals surface area (Å²) < 4.78 is 12.8. The van der Waals surface area contributed by atoms with E-state index < -0.39 is 6.09 Å². The number of morpholine rings is 1. The first-order valence-electron chi connectivity index (χ1n) is 10.8. The summed E-state index contributed by atoms with van der Waals surface area (Å²) in [6.07, 6.45) is 4.65. The second-order valence-electron chi connectivity index (χ2n) is 7.60. The van der Waals surface area contributed by atoms with Crippen molar-refractivity contribution in [1.82, 2.24) is 20.1 Å². The highest BCUT2D eigenvalue weighted by Gasteiger charge is 2.20. The van der Waals surface area contributed by atoms with Gasteiger partial charge in [0.1, 0.15) is 6.61 Å². The normalized spacial score (nSPS) is 13.6. The molecule has 1 aliphatic rings. The van der Waals surface area contributed by atoms with Crippen molar-refractivity contribution < 1.29 is 19.1 Å². The standard InChI is InChI=1S/C24H20ClN5O4S/c25-20-5-6-22(35-20)34-24(32)27-13-17-14-30(28-23(17)16-7-9-26-10-8-16)19-3-1-18(2-4-19)29-11-12-33-15-21(29)31/h1-10,14H,11-13,15H2,(H,27,32). The van der Waals surface area contributed by atoms with Crippen LogP contribution in [0.15, 0.2) is 67.1 Å². The van der Waals surface area contributed by atoms with Crippen LogP contribution in [0.25, 0.3) is 16.9 Å². The summed E-state index contributed by atoms with van der Waals surface area (Å²) in [5, 5.41) is 7.93. The minimum atomic E-state index is -0.587. The summed E-state index contributed by atoms with van der Waals surface area (Å²) >= 11 is 7.07. The fourth-order valence-corrected chi connectivity index (χ4v) is 4.52. The van der Waals surface area contributed by atoms with E-state index in [2.05, 4.69) is 10.3 Å². The number of nitrogens with one attached hydrogen (secondary N) is 1. The van der Waals surface area contributed by atoms with Gasteiger partial charge in [-0.15, -0.1) is 0 Å². The van der Waals surface area contributed by atoms with E-state index in [0.29, 0.717) is 28.2 Å². The molecular weight excluding hydrogens is 490 g/mol. The molecule has 4 heterocycles. The molecule has 1 fully saturated rings. The predicted molar refractivity (Wildman–Crippen MR) is 132 cm³/mol. The number of aromatic nitrogens is 3. The predicted octanol–water partition coefficient (Wildman–Crippen LogP) is 4.30. The summed E-state index contributed by atoms with van der Waals surface area (Å²) in [4.78, 5) is 30.2. The van der Waals surface area contributed by atoms with Crippen molar-refractivity contribution >= 4 is 40.6 Å². The topological polar surface area (TPSA) is 98.6 Å². The number of ether oxygens (including phenoxy) is 2. The highest BCUT2D eigenvalue weighted by Crippen LogP contribution is 2.28. The maximum atomic E-state index is 12.3. The first-order valence-corrected chi connectivity index (χ1v) is 11.9. The summed E-state index contributed by atoms with van der Waals surface area (Å²) in [6, 6.07) is 14.6. The van der Waals surface area contributed by atoms with Gasteiger partial charge in [0.05, 0.1) is 22.3 Å². The van der Waals surface area contributed by atoms with E-state index in [4.69, 9.17) is 26.2 Å². The Bertz CT molecular complexity index is 1340. The molecule has 0 spiro atoms. The molecule has 1 N–H and O–H groups in total. The van der Waals surface area contributed by atoms with Crippen molar-refractivity contribution in [3.8, 4) is 22.0 Å². The Morgan fingerprint density at radius 3 is 2.60 bits per heavy atom. The molecule has 1 saturated heterocycles. The zero-order valence-electron chi connectivity index (χ0n) is 18.4. The molecule has 0 bridgehead atoms. The number of nitrogens with zero attached hydrogens (tertiary/aromatic N) is 4. The molecule has 4 aromatic rings. The van der Waals surface area contributed by atoms with Crippen LogP contribution in [0.4, 0.5) is 10.5 Å². The number of carbonyl (C=O) groups is 2. The Kier molecular flexibility index (Phi) is 6.75. The third-order valence-corrected chi connectivity index (χ3v) is 6.43. The van der Waals surface area contributed by atoms with E-state index in [1.807, 2.05) is 42.6 Å². The van der Waals surface area contributed by atoms with Crippen LogP contribution in [0.2, 0.25) is 4.34 Å². The smallest absolute Gasteiger partial charge is 0.399 e. The Morgan fingerprint density at radius 1 is 1.11 bits per heavy atom. The lowest BCUT2D eigenvalue weighted by atomic mass is 10.1. The van der Waals surface area contributed by atoms with Crippen LogP contribution in [0.5, 0.6) is 5.06 Å². The molecule has 178 valence electrons. The molecule has 0 unspecified atom stereocenters. The summed E-state index contributed by atoms with van der Waals surface area (Å²) in [6.45, 7) is 1.33. The van der Waals surface area contributed by atoms with Crippen molar-refractivity contribution in [2.24, 2.45) is 0 Å². The minimum Gasteiger partial charge on any atom is -0.399 e. The van der Waals surface area contributed by atoms with Gasteiger partial charge in [-0.3, -0.25) is 9.78 Å². The summed E-state index contributed by atoms with van der Waals surface area (Å²) in [5.74, 6) is -0.0619. The SMILES string of the molecule is O=C(NCc1cn(-c2ccc(N3CCOCC3=O)cc2)nc1-c1ccncc1)Oc1ccc(Cl)s1. The quantitative estimate of drug-likeness (QED) is 0.416. The lowest BCUT2D eigenvalue weighted by molar-refractivity contribution is -0.125. The molecule has 2 amide bonds. The average molecular weight is 510 g/mol. The van der Waals surface area contributed by atoms with Gasteiger partial charge < -0.3 is 19.7 Å². The number of halogens is 1. The maximum Gasteiger partial charge on any atom is 0.413 e. The molecule has 5 rings (SSSR count). The van der Waals surface area contributed by atoms with Gasteiger partial charge in [-0.05, 0) is 48.5 Å². The van der Waals surface area contributed by atoms with Crippen molar-refractivity contribution in [3.63, 3.8) is 0 Å². The van der Waals surface area contributed by atoms with Crippen LogP contribution in [0.1, 0.15) is 5.56 Å². The minimum absolute atomic E-state index is 0.0619. The first kappa shape index (κ1) is 23.0. The van der Waals surface area contributed by atoms with E-state index >= 15 is 0 Å². The third-order valence-electron chi connectivity index (χ3n) is 5.32. The number of thiophene rings is 1. The molecule has 0 aliphatic carbocycles. The highest BCUT2D eigenvalue weighted by atomic mass is 35.5. The zero-order chi connectivity index (χ0) is 24.2. The molecule has 3 aromatic heterocycles. The van der Waals surface area contributed by atoms with Gasteiger partial charge in [0.15, 0.2) is 5.06 Å². The van der Waals surface area contributed by atoms with E-state index in [1.54, 1.807) is 34.1 Å². The number of amides is 2. The van der Waals surface area contributed by atoms with E-state index in [1.165, 1.54) is 11.3 Å². The molecule has 1 aliphatic heterocycles. The Hall–Kier alpha value is -3.73. The van der Waals surface area contributed by atoms with Gasteiger partial charge in [0, 0.05) is 48.5 Å². The van der Waals surface area contributed by atoms with Gasteiger partial charge in [0.25, 0.3) is 5.91 Å². The van der Waals surface area contributed by atoms with Crippen LogP contribution in [-0.2, 0) is 16.1 Å². The van der Waals surface area contributed by atoms with Crippen LogP contribution in [-0.4, -0.2) is 46.5 Å². The molecule has 35 heavy (non-hydrogen) atoms. The number of anilines is 1. The van der Waals surface area contributed by atoms with Crippen molar-refractivity contribution in [3.05, 3.63) is 77.0 Å². The van der Waals surface area contributed by atoms with Crippen LogP contribution in [0.3, 0.4) is 0 Å². The van der Waals surface area contributed by atoms with Gasteiger partial charge in [-0.2, -0.15) is 5.10 Å². The lowest BCUT2D eigenvalue weighted by Crippen LogP contribution is -2.41. The number of carbonyl (C=O) groups excluding carboxylic acids is 2. The monoisotopic (exact) mass is 509 g/mol. The lowest BCUT2D eigenvalue weighted by Gasteiger charge is -2.26. The second-order valence-corrected chi connectivity index (χ2v) is 9.28. The van der Waals surface area contributed by atoms with Gasteiger partial charge in [-0.25, -0.2) is 9.48 Å². The number of hydrogen-bond acceptors (Lipinski definition) is 7. The number of pyridine rings is 1. The highest BCUT2D eigenvalue weighted by molar-refractivity contribution is 7.17. The molecule has 1 aromatic carbocycles. The molecule has 0 radical (unpaired) electrons. The van der Waals surface area contributed by atoms with Gasteiger partial charge in [-0.1, -0.05) is 22.9 Å².